The number of likely N-dealkylation sites (tertiary alicyclic amines) is 1. The molecule has 5 heterocycles. The number of rotatable bonds is 2. The third-order valence-corrected chi connectivity index (χ3v) is 6.69. The van der Waals surface area contributed by atoms with Crippen molar-refractivity contribution in [3.8, 4) is 0 Å². The summed E-state index contributed by atoms with van der Waals surface area (Å²) in [6, 6.07) is 12.8. The molecule has 2 atom stereocenters. The van der Waals surface area contributed by atoms with Crippen LogP contribution in [-0.2, 0) is 17.3 Å². The summed E-state index contributed by atoms with van der Waals surface area (Å²) in [6.07, 6.45) is 7.23. The van der Waals surface area contributed by atoms with Crippen LogP contribution in [0.4, 0.5) is 5.69 Å². The quantitative estimate of drug-likeness (QED) is 0.534. The van der Waals surface area contributed by atoms with Gasteiger partial charge in [-0.05, 0) is 35.7 Å². The van der Waals surface area contributed by atoms with Gasteiger partial charge in [0.2, 0.25) is 5.91 Å². The highest BCUT2D eigenvalue weighted by atomic mass is 16.2. The number of para-hydroxylation sites is 1. The van der Waals surface area contributed by atoms with Crippen LogP contribution in [0.25, 0.3) is 11.0 Å². The molecule has 8 nitrogen and oxygen atoms in total. The minimum absolute atomic E-state index is 0.0805. The molecule has 32 heavy (non-hydrogen) atoms. The Labute approximate surface area is 183 Å². The fourth-order valence-corrected chi connectivity index (χ4v) is 5.22. The SMILES string of the molecule is Cn1ncc2ncc(C(=O)N3CCC4(C(=O)Nc5ccccc54)C3c3cccnc3)cc21. The molecule has 2 aliphatic heterocycles. The fraction of sp³-hybridized carbons (Fsp3) is 0.208. The summed E-state index contributed by atoms with van der Waals surface area (Å²) in [4.78, 5) is 37.7. The molecule has 1 aromatic carbocycles. The van der Waals surface area contributed by atoms with E-state index in [1.54, 1.807) is 34.4 Å². The van der Waals surface area contributed by atoms with Crippen molar-refractivity contribution in [2.45, 2.75) is 17.9 Å². The van der Waals surface area contributed by atoms with Gasteiger partial charge in [0.25, 0.3) is 5.91 Å². The molecule has 0 radical (unpaired) electrons. The van der Waals surface area contributed by atoms with Crippen molar-refractivity contribution < 1.29 is 9.59 Å². The van der Waals surface area contributed by atoms with E-state index in [2.05, 4.69) is 20.4 Å². The summed E-state index contributed by atoms with van der Waals surface area (Å²) in [6.45, 7) is 0.448. The normalized spacial score (nSPS) is 21.8. The van der Waals surface area contributed by atoms with Gasteiger partial charge in [-0.3, -0.25) is 24.2 Å². The average molecular weight is 424 g/mol. The van der Waals surface area contributed by atoms with E-state index in [1.165, 1.54) is 0 Å². The van der Waals surface area contributed by atoms with Crippen LogP contribution >= 0.6 is 0 Å². The first-order valence-electron chi connectivity index (χ1n) is 10.5. The topological polar surface area (TPSA) is 93.0 Å². The molecule has 1 saturated heterocycles. The minimum Gasteiger partial charge on any atom is -0.330 e. The smallest absolute Gasteiger partial charge is 0.256 e. The first-order chi connectivity index (χ1) is 15.6. The Balaban J connectivity index is 1.50. The van der Waals surface area contributed by atoms with Gasteiger partial charge in [-0.1, -0.05) is 24.3 Å². The van der Waals surface area contributed by atoms with Crippen LogP contribution in [-0.4, -0.2) is 43.0 Å². The molecule has 3 aromatic heterocycles. The number of nitrogens with one attached hydrogen (secondary N) is 1. The second-order valence-corrected chi connectivity index (χ2v) is 8.31. The van der Waals surface area contributed by atoms with Gasteiger partial charge in [-0.2, -0.15) is 5.10 Å². The van der Waals surface area contributed by atoms with E-state index in [0.717, 1.165) is 27.8 Å². The molecule has 158 valence electrons. The Morgan fingerprint density at radius 1 is 1.16 bits per heavy atom. The number of carbonyl (C=O) groups excluding carboxylic acids is 2. The first kappa shape index (κ1) is 18.7. The summed E-state index contributed by atoms with van der Waals surface area (Å²) in [5.74, 6) is -0.244. The number of fused-ring (bicyclic) bond motifs is 3. The molecule has 4 aromatic rings. The number of pyridine rings is 2. The summed E-state index contributed by atoms with van der Waals surface area (Å²) in [5.41, 5.74) is 3.69. The lowest BCUT2D eigenvalue weighted by atomic mass is 9.73. The molecule has 0 saturated carbocycles. The summed E-state index contributed by atoms with van der Waals surface area (Å²) >= 11 is 0. The molecule has 2 aliphatic rings. The highest BCUT2D eigenvalue weighted by Gasteiger charge is 2.59. The van der Waals surface area contributed by atoms with Gasteiger partial charge < -0.3 is 10.2 Å². The van der Waals surface area contributed by atoms with Crippen LogP contribution in [0, 0.1) is 0 Å². The monoisotopic (exact) mass is 424 g/mol. The van der Waals surface area contributed by atoms with Crippen molar-refractivity contribution >= 4 is 28.5 Å². The highest BCUT2D eigenvalue weighted by molar-refractivity contribution is 6.08. The molecule has 2 amide bonds. The van der Waals surface area contributed by atoms with Crippen LogP contribution in [0.3, 0.4) is 0 Å². The van der Waals surface area contributed by atoms with E-state index in [9.17, 15) is 9.59 Å². The zero-order valence-corrected chi connectivity index (χ0v) is 17.4. The number of hydrogen-bond donors (Lipinski definition) is 1. The van der Waals surface area contributed by atoms with Gasteiger partial charge in [-0.15, -0.1) is 0 Å². The van der Waals surface area contributed by atoms with Gasteiger partial charge in [0.15, 0.2) is 0 Å². The molecular weight excluding hydrogens is 404 g/mol. The van der Waals surface area contributed by atoms with E-state index >= 15 is 0 Å². The highest BCUT2D eigenvalue weighted by Crippen LogP contribution is 2.54. The maximum Gasteiger partial charge on any atom is 0.256 e. The zero-order valence-electron chi connectivity index (χ0n) is 17.4. The van der Waals surface area contributed by atoms with Gasteiger partial charge >= 0.3 is 0 Å². The number of carbonyl (C=O) groups is 2. The molecule has 1 fully saturated rings. The Bertz CT molecular complexity index is 1380. The number of amides is 2. The number of nitrogens with zero attached hydrogens (tertiary/aromatic N) is 5. The third kappa shape index (κ3) is 2.46. The van der Waals surface area contributed by atoms with Gasteiger partial charge in [0, 0.05) is 37.9 Å². The minimum atomic E-state index is -0.862. The van der Waals surface area contributed by atoms with Crippen molar-refractivity contribution in [3.63, 3.8) is 0 Å². The standard InChI is InChI=1S/C24H20N6O2/c1-29-20-11-16(13-26-19(20)14-27-29)22(31)30-10-8-24(21(30)15-5-4-9-25-12-15)17-6-2-3-7-18(17)28-23(24)32/h2-7,9,11-14,21H,8,10H2,1H3,(H,28,32). The Morgan fingerprint density at radius 2 is 2.03 bits per heavy atom. The number of aryl methyl sites for hydroxylation is 1. The third-order valence-electron chi connectivity index (χ3n) is 6.69. The molecule has 0 bridgehead atoms. The number of aromatic nitrogens is 4. The van der Waals surface area contributed by atoms with Crippen molar-refractivity contribution in [1.82, 2.24) is 24.6 Å². The van der Waals surface area contributed by atoms with Crippen LogP contribution in [0.15, 0.2) is 67.3 Å². The zero-order chi connectivity index (χ0) is 21.9. The lowest BCUT2D eigenvalue weighted by Crippen LogP contribution is -2.42. The van der Waals surface area contributed by atoms with Crippen molar-refractivity contribution in [2.24, 2.45) is 7.05 Å². The van der Waals surface area contributed by atoms with E-state index in [-0.39, 0.29) is 11.8 Å². The molecule has 1 spiro atoms. The average Bonchev–Trinajstić information content (AvgIpc) is 3.49. The maximum atomic E-state index is 13.8. The van der Waals surface area contributed by atoms with Crippen LogP contribution in [0.2, 0.25) is 0 Å². The predicted octanol–water partition coefficient (Wildman–Crippen LogP) is 2.84. The second-order valence-electron chi connectivity index (χ2n) is 8.31. The Morgan fingerprint density at radius 3 is 2.88 bits per heavy atom. The van der Waals surface area contributed by atoms with Crippen LogP contribution in [0.1, 0.15) is 33.9 Å². The van der Waals surface area contributed by atoms with Crippen molar-refractivity contribution in [1.29, 1.82) is 0 Å². The fourth-order valence-electron chi connectivity index (χ4n) is 5.22. The van der Waals surface area contributed by atoms with Crippen molar-refractivity contribution in [2.75, 3.05) is 11.9 Å². The molecule has 6 rings (SSSR count). The van der Waals surface area contributed by atoms with E-state index in [4.69, 9.17) is 0 Å². The lowest BCUT2D eigenvalue weighted by molar-refractivity contribution is -0.121. The number of hydrogen-bond acceptors (Lipinski definition) is 5. The van der Waals surface area contributed by atoms with Crippen LogP contribution in [0.5, 0.6) is 0 Å². The predicted molar refractivity (Wildman–Crippen MR) is 118 cm³/mol. The molecule has 0 aliphatic carbocycles. The Hall–Kier alpha value is -4.07. The van der Waals surface area contributed by atoms with E-state index in [1.807, 2.05) is 49.5 Å². The van der Waals surface area contributed by atoms with Crippen molar-refractivity contribution in [3.05, 3.63) is 83.9 Å². The summed E-state index contributed by atoms with van der Waals surface area (Å²) < 4.78 is 1.70. The number of anilines is 1. The molecule has 8 heteroatoms. The number of benzene rings is 1. The second kappa shape index (κ2) is 6.71. The maximum absolute atomic E-state index is 13.8. The first-order valence-corrected chi connectivity index (χ1v) is 10.5. The lowest BCUT2D eigenvalue weighted by Gasteiger charge is -2.34. The van der Waals surface area contributed by atoms with Gasteiger partial charge in [-0.25, -0.2) is 0 Å². The largest absolute Gasteiger partial charge is 0.330 e. The van der Waals surface area contributed by atoms with E-state index < -0.39 is 11.5 Å². The Kier molecular flexibility index (Phi) is 3.92. The molecule has 1 N–H and O–H groups in total. The summed E-state index contributed by atoms with van der Waals surface area (Å²) in [5, 5.41) is 7.25. The van der Waals surface area contributed by atoms with Crippen LogP contribution < -0.4 is 5.32 Å². The van der Waals surface area contributed by atoms with Gasteiger partial charge in [0.05, 0.1) is 23.3 Å². The molecular formula is C24H20N6O2. The molecule has 2 unspecified atom stereocenters. The summed E-state index contributed by atoms with van der Waals surface area (Å²) in [7, 11) is 1.82. The van der Waals surface area contributed by atoms with E-state index in [0.29, 0.717) is 18.5 Å². The van der Waals surface area contributed by atoms with Gasteiger partial charge in [0.1, 0.15) is 10.9 Å².